The third-order valence-corrected chi connectivity index (χ3v) is 3.14. The Hall–Kier alpha value is -0.510. The van der Waals surface area contributed by atoms with Crippen LogP contribution in [0.5, 0.6) is 0 Å². The fourth-order valence-corrected chi connectivity index (χ4v) is 2.29. The van der Waals surface area contributed by atoms with E-state index in [0.29, 0.717) is 11.3 Å². The smallest absolute Gasteiger partial charge is 0.226 e. The first kappa shape index (κ1) is 13.6. The van der Waals surface area contributed by atoms with E-state index in [4.69, 9.17) is 4.42 Å². The van der Waals surface area contributed by atoms with E-state index in [1.165, 1.54) is 6.42 Å². The molecule has 0 aliphatic heterocycles. The van der Waals surface area contributed by atoms with Gasteiger partial charge in [-0.15, -0.1) is 10.2 Å². The van der Waals surface area contributed by atoms with E-state index in [9.17, 15) is 0 Å². The summed E-state index contributed by atoms with van der Waals surface area (Å²) in [6.45, 7) is 10.9. The van der Waals surface area contributed by atoms with Crippen LogP contribution in [-0.4, -0.2) is 16.0 Å². The van der Waals surface area contributed by atoms with E-state index in [-0.39, 0.29) is 0 Å². The summed E-state index contributed by atoms with van der Waals surface area (Å²) in [5.41, 5.74) is 0.408. The van der Waals surface area contributed by atoms with Gasteiger partial charge in [0.15, 0.2) is 0 Å². The minimum Gasteiger partial charge on any atom is -0.424 e. The molecule has 0 atom stereocenters. The fraction of sp³-hybridized carbons (Fsp3) is 0.833. The topological polar surface area (TPSA) is 38.9 Å². The van der Waals surface area contributed by atoms with Gasteiger partial charge in [0.25, 0.3) is 0 Å². The highest BCUT2D eigenvalue weighted by atomic mass is 32.2. The van der Waals surface area contributed by atoms with Gasteiger partial charge < -0.3 is 4.42 Å². The van der Waals surface area contributed by atoms with E-state index in [0.717, 1.165) is 23.3 Å². The molecule has 0 aliphatic carbocycles. The number of nitrogens with zero attached hydrogens (tertiary/aromatic N) is 2. The largest absolute Gasteiger partial charge is 0.424 e. The first-order chi connectivity index (χ1) is 7.38. The van der Waals surface area contributed by atoms with Crippen LogP contribution in [0.2, 0.25) is 0 Å². The van der Waals surface area contributed by atoms with Gasteiger partial charge in [-0.25, -0.2) is 0 Å². The molecule has 0 spiro atoms. The summed E-state index contributed by atoms with van der Waals surface area (Å²) in [7, 11) is 0. The summed E-state index contributed by atoms with van der Waals surface area (Å²) < 4.78 is 5.53. The normalized spacial score (nSPS) is 12.4. The standard InChI is InChI=1S/C12H22N2OS/c1-9(2)11-14-13-10(15-11)8-16-7-6-12(3,4)5/h9H,6-8H2,1-5H3. The number of rotatable bonds is 5. The Balaban J connectivity index is 2.27. The molecule has 0 N–H and O–H groups in total. The third-order valence-electron chi connectivity index (χ3n) is 2.20. The van der Waals surface area contributed by atoms with Gasteiger partial charge >= 0.3 is 0 Å². The van der Waals surface area contributed by atoms with Crippen molar-refractivity contribution in [3.8, 4) is 0 Å². The number of thioether (sulfide) groups is 1. The second-order valence-corrected chi connectivity index (χ2v) is 6.66. The highest BCUT2D eigenvalue weighted by Crippen LogP contribution is 2.23. The van der Waals surface area contributed by atoms with Crippen LogP contribution in [0.3, 0.4) is 0 Å². The molecular formula is C12H22N2OS. The van der Waals surface area contributed by atoms with Gasteiger partial charge in [0.1, 0.15) is 0 Å². The van der Waals surface area contributed by atoms with Crippen molar-refractivity contribution in [1.29, 1.82) is 0 Å². The molecule has 0 unspecified atom stereocenters. The predicted molar refractivity (Wildman–Crippen MR) is 68.6 cm³/mol. The van der Waals surface area contributed by atoms with Crippen molar-refractivity contribution >= 4 is 11.8 Å². The van der Waals surface area contributed by atoms with Crippen molar-refractivity contribution < 1.29 is 4.42 Å². The van der Waals surface area contributed by atoms with Crippen LogP contribution in [-0.2, 0) is 5.75 Å². The predicted octanol–water partition coefficient (Wildman–Crippen LogP) is 3.86. The zero-order chi connectivity index (χ0) is 12.2. The SMILES string of the molecule is CC(C)c1nnc(CSCCC(C)(C)C)o1. The van der Waals surface area contributed by atoms with Crippen LogP contribution >= 0.6 is 11.8 Å². The molecule has 0 fully saturated rings. The van der Waals surface area contributed by atoms with Crippen LogP contribution in [0.25, 0.3) is 0 Å². The Morgan fingerprint density at radius 3 is 2.44 bits per heavy atom. The quantitative estimate of drug-likeness (QED) is 0.735. The maximum atomic E-state index is 5.53. The summed E-state index contributed by atoms with van der Waals surface area (Å²) in [5.74, 6) is 3.79. The zero-order valence-electron chi connectivity index (χ0n) is 10.9. The summed E-state index contributed by atoms with van der Waals surface area (Å²) >= 11 is 1.86. The molecule has 3 nitrogen and oxygen atoms in total. The molecule has 1 rings (SSSR count). The Kier molecular flexibility index (Phi) is 4.84. The Labute approximate surface area is 102 Å². The lowest BCUT2D eigenvalue weighted by atomic mass is 9.94. The minimum atomic E-state index is 0.320. The minimum absolute atomic E-state index is 0.320. The van der Waals surface area contributed by atoms with E-state index in [1.807, 2.05) is 11.8 Å². The molecule has 0 saturated heterocycles. The number of aromatic nitrogens is 2. The van der Waals surface area contributed by atoms with Gasteiger partial charge in [-0.3, -0.25) is 0 Å². The molecule has 0 amide bonds. The third kappa shape index (κ3) is 5.01. The molecule has 0 saturated carbocycles. The lowest BCUT2D eigenvalue weighted by molar-refractivity contribution is 0.401. The van der Waals surface area contributed by atoms with E-state index in [2.05, 4.69) is 44.8 Å². The monoisotopic (exact) mass is 242 g/mol. The van der Waals surface area contributed by atoms with Crippen LogP contribution < -0.4 is 0 Å². The Morgan fingerprint density at radius 2 is 1.94 bits per heavy atom. The van der Waals surface area contributed by atoms with Gasteiger partial charge in [0, 0.05) is 5.92 Å². The summed E-state index contributed by atoms with van der Waals surface area (Å²) in [6.07, 6.45) is 1.21. The van der Waals surface area contributed by atoms with Crippen molar-refractivity contribution in [2.75, 3.05) is 5.75 Å². The van der Waals surface area contributed by atoms with Gasteiger partial charge in [0.05, 0.1) is 5.75 Å². The Bertz CT molecular complexity index is 315. The van der Waals surface area contributed by atoms with E-state index >= 15 is 0 Å². The second kappa shape index (κ2) is 5.71. The molecule has 0 radical (unpaired) electrons. The number of hydrogen-bond donors (Lipinski definition) is 0. The van der Waals surface area contributed by atoms with Crippen molar-refractivity contribution in [3.63, 3.8) is 0 Å². The van der Waals surface area contributed by atoms with Crippen LogP contribution in [0.4, 0.5) is 0 Å². The first-order valence-corrected chi connectivity index (χ1v) is 6.94. The maximum absolute atomic E-state index is 5.53. The summed E-state index contributed by atoms with van der Waals surface area (Å²) in [5, 5.41) is 8.05. The zero-order valence-corrected chi connectivity index (χ0v) is 11.7. The lowest BCUT2D eigenvalue weighted by Gasteiger charge is -2.16. The van der Waals surface area contributed by atoms with Crippen molar-refractivity contribution in [2.45, 2.75) is 52.7 Å². The molecule has 92 valence electrons. The van der Waals surface area contributed by atoms with Crippen molar-refractivity contribution in [1.82, 2.24) is 10.2 Å². The van der Waals surface area contributed by atoms with Crippen LogP contribution in [0, 0.1) is 5.41 Å². The van der Waals surface area contributed by atoms with Gasteiger partial charge in [-0.1, -0.05) is 34.6 Å². The molecule has 16 heavy (non-hydrogen) atoms. The summed E-state index contributed by atoms with van der Waals surface area (Å²) in [4.78, 5) is 0. The van der Waals surface area contributed by atoms with Crippen molar-refractivity contribution in [2.24, 2.45) is 5.41 Å². The Morgan fingerprint density at radius 1 is 1.25 bits per heavy atom. The van der Waals surface area contributed by atoms with E-state index < -0.39 is 0 Å². The summed E-state index contributed by atoms with van der Waals surface area (Å²) in [6, 6.07) is 0. The lowest BCUT2D eigenvalue weighted by Crippen LogP contribution is -2.05. The molecule has 1 heterocycles. The van der Waals surface area contributed by atoms with Gasteiger partial charge in [0.2, 0.25) is 11.8 Å². The molecule has 1 aromatic rings. The first-order valence-electron chi connectivity index (χ1n) is 5.78. The maximum Gasteiger partial charge on any atom is 0.226 e. The highest BCUT2D eigenvalue weighted by molar-refractivity contribution is 7.98. The highest BCUT2D eigenvalue weighted by Gasteiger charge is 2.11. The van der Waals surface area contributed by atoms with Gasteiger partial charge in [-0.2, -0.15) is 11.8 Å². The number of hydrogen-bond acceptors (Lipinski definition) is 4. The fourth-order valence-electron chi connectivity index (χ4n) is 1.10. The molecule has 0 aliphatic rings. The molecule has 0 bridgehead atoms. The van der Waals surface area contributed by atoms with Crippen LogP contribution in [0.1, 0.15) is 58.7 Å². The van der Waals surface area contributed by atoms with E-state index in [1.54, 1.807) is 0 Å². The second-order valence-electron chi connectivity index (χ2n) is 5.55. The average Bonchev–Trinajstić information content (AvgIpc) is 2.59. The molecule has 0 aromatic carbocycles. The average molecular weight is 242 g/mol. The van der Waals surface area contributed by atoms with Gasteiger partial charge in [-0.05, 0) is 17.6 Å². The molecule has 4 heteroatoms. The molecule has 1 aromatic heterocycles. The van der Waals surface area contributed by atoms with Crippen LogP contribution in [0.15, 0.2) is 4.42 Å². The van der Waals surface area contributed by atoms with Crippen molar-refractivity contribution in [3.05, 3.63) is 11.8 Å². The molecular weight excluding hydrogens is 220 g/mol.